The zero-order chi connectivity index (χ0) is 13.1. The van der Waals surface area contributed by atoms with Crippen LogP contribution in [0, 0.1) is 0 Å². The third-order valence-electron chi connectivity index (χ3n) is 3.27. The largest absolute Gasteiger partial charge is 0.295 e. The van der Waals surface area contributed by atoms with Gasteiger partial charge in [-0.2, -0.15) is 0 Å². The van der Waals surface area contributed by atoms with Crippen LogP contribution in [0.1, 0.15) is 25.7 Å². The first kappa shape index (κ1) is 12.8. The molecule has 0 amide bonds. The van der Waals surface area contributed by atoms with Gasteiger partial charge in [-0.15, -0.1) is 10.2 Å². The van der Waals surface area contributed by atoms with Crippen molar-refractivity contribution in [2.24, 2.45) is 0 Å². The predicted molar refractivity (Wildman–Crippen MR) is 79.4 cm³/mol. The normalized spacial score (nSPS) is 15.8. The molecule has 1 fully saturated rings. The number of nitrogens with zero attached hydrogens (tertiary/aromatic N) is 2. The molecule has 100 valence electrons. The Bertz CT molecular complexity index is 551. The van der Waals surface area contributed by atoms with Crippen LogP contribution in [0.5, 0.6) is 0 Å². The highest BCUT2D eigenvalue weighted by Gasteiger charge is 2.15. The number of benzene rings is 1. The molecule has 6 heteroatoms. The van der Waals surface area contributed by atoms with Crippen LogP contribution < -0.4 is 10.9 Å². The fourth-order valence-electron chi connectivity index (χ4n) is 2.25. The van der Waals surface area contributed by atoms with Crippen molar-refractivity contribution in [3.05, 3.63) is 29.3 Å². The molecular formula is C13H15ClN4S. The maximum Gasteiger partial charge on any atom is 0.220 e. The Hall–Kier alpha value is -1.17. The summed E-state index contributed by atoms with van der Waals surface area (Å²) in [7, 11) is 0. The lowest BCUT2D eigenvalue weighted by Crippen LogP contribution is -2.31. The Labute approximate surface area is 121 Å². The summed E-state index contributed by atoms with van der Waals surface area (Å²) in [5.74, 6) is 0. The molecule has 1 aromatic carbocycles. The first-order valence-corrected chi connectivity index (χ1v) is 7.62. The highest BCUT2D eigenvalue weighted by atomic mass is 35.5. The zero-order valence-electron chi connectivity index (χ0n) is 10.4. The maximum atomic E-state index is 6.15. The van der Waals surface area contributed by atoms with Crippen LogP contribution in [0.15, 0.2) is 24.3 Å². The Morgan fingerprint density at radius 2 is 1.95 bits per heavy atom. The molecule has 0 saturated heterocycles. The van der Waals surface area contributed by atoms with Gasteiger partial charge in [0.25, 0.3) is 0 Å². The highest BCUT2D eigenvalue weighted by molar-refractivity contribution is 7.18. The Kier molecular flexibility index (Phi) is 3.96. The van der Waals surface area contributed by atoms with Gasteiger partial charge >= 0.3 is 0 Å². The van der Waals surface area contributed by atoms with E-state index in [9.17, 15) is 0 Å². The van der Waals surface area contributed by atoms with E-state index in [-0.39, 0.29) is 0 Å². The minimum absolute atomic E-state index is 0.549. The van der Waals surface area contributed by atoms with Crippen molar-refractivity contribution in [3.63, 3.8) is 0 Å². The van der Waals surface area contributed by atoms with Crippen LogP contribution in [0.4, 0.5) is 5.13 Å². The summed E-state index contributed by atoms with van der Waals surface area (Å²) in [5, 5.41) is 10.6. The fourth-order valence-corrected chi connectivity index (χ4v) is 3.28. The van der Waals surface area contributed by atoms with Crippen molar-refractivity contribution >= 4 is 28.1 Å². The monoisotopic (exact) mass is 294 g/mol. The van der Waals surface area contributed by atoms with Gasteiger partial charge in [-0.05, 0) is 18.9 Å². The van der Waals surface area contributed by atoms with Crippen molar-refractivity contribution in [2.45, 2.75) is 31.7 Å². The summed E-state index contributed by atoms with van der Waals surface area (Å²) in [6.07, 6.45) is 5.06. The summed E-state index contributed by atoms with van der Waals surface area (Å²) in [6, 6.07) is 8.23. The Morgan fingerprint density at radius 3 is 2.74 bits per heavy atom. The first-order valence-electron chi connectivity index (χ1n) is 6.43. The summed E-state index contributed by atoms with van der Waals surface area (Å²) < 4.78 is 0. The zero-order valence-corrected chi connectivity index (χ0v) is 12.0. The van der Waals surface area contributed by atoms with Crippen LogP contribution in [-0.2, 0) is 0 Å². The van der Waals surface area contributed by atoms with Gasteiger partial charge in [-0.3, -0.25) is 5.43 Å². The molecule has 2 N–H and O–H groups in total. The highest BCUT2D eigenvalue weighted by Crippen LogP contribution is 2.31. The number of hydrazine groups is 1. The number of hydrogen-bond acceptors (Lipinski definition) is 5. The lowest BCUT2D eigenvalue weighted by Gasteiger charge is -2.10. The van der Waals surface area contributed by atoms with Crippen molar-refractivity contribution < 1.29 is 0 Å². The van der Waals surface area contributed by atoms with Gasteiger partial charge in [-0.25, -0.2) is 5.43 Å². The van der Waals surface area contributed by atoms with E-state index in [4.69, 9.17) is 11.6 Å². The second-order valence-corrected chi connectivity index (χ2v) is 6.03. The number of aromatic nitrogens is 2. The third-order valence-corrected chi connectivity index (χ3v) is 4.47. The Balaban J connectivity index is 1.67. The van der Waals surface area contributed by atoms with Gasteiger partial charge in [-0.1, -0.05) is 54.0 Å². The summed E-state index contributed by atoms with van der Waals surface area (Å²) >= 11 is 7.65. The van der Waals surface area contributed by atoms with Gasteiger partial charge in [0.05, 0.1) is 5.02 Å². The number of hydrogen-bond donors (Lipinski definition) is 2. The number of halogens is 1. The van der Waals surface area contributed by atoms with Crippen LogP contribution in [0.25, 0.3) is 10.6 Å². The van der Waals surface area contributed by atoms with E-state index in [0.29, 0.717) is 11.1 Å². The molecule has 0 atom stereocenters. The molecular weight excluding hydrogens is 280 g/mol. The van der Waals surface area contributed by atoms with Crippen molar-refractivity contribution in [1.29, 1.82) is 0 Å². The molecule has 0 bridgehead atoms. The molecule has 1 saturated carbocycles. The van der Waals surface area contributed by atoms with E-state index in [2.05, 4.69) is 21.0 Å². The molecule has 4 nitrogen and oxygen atoms in total. The SMILES string of the molecule is Clc1ccccc1-c1nnc(NNC2CCCC2)s1. The molecule has 0 aliphatic heterocycles. The molecule has 0 unspecified atom stereocenters. The van der Waals surface area contributed by atoms with Gasteiger partial charge in [0, 0.05) is 11.6 Å². The van der Waals surface area contributed by atoms with Gasteiger partial charge in [0.2, 0.25) is 5.13 Å². The summed E-state index contributed by atoms with van der Waals surface area (Å²) in [6.45, 7) is 0. The number of nitrogens with one attached hydrogen (secondary N) is 2. The lowest BCUT2D eigenvalue weighted by molar-refractivity contribution is 0.576. The van der Waals surface area contributed by atoms with Gasteiger partial charge < -0.3 is 0 Å². The van der Waals surface area contributed by atoms with Crippen LogP contribution in [0.2, 0.25) is 5.02 Å². The Morgan fingerprint density at radius 1 is 1.16 bits per heavy atom. The molecule has 1 aliphatic carbocycles. The van der Waals surface area contributed by atoms with Gasteiger partial charge in [0.1, 0.15) is 0 Å². The quantitative estimate of drug-likeness (QED) is 0.844. The average Bonchev–Trinajstić information content (AvgIpc) is 3.08. The molecule has 3 rings (SSSR count). The molecule has 19 heavy (non-hydrogen) atoms. The topological polar surface area (TPSA) is 49.8 Å². The molecule has 1 aromatic heterocycles. The second kappa shape index (κ2) is 5.86. The van der Waals surface area contributed by atoms with E-state index < -0.39 is 0 Å². The van der Waals surface area contributed by atoms with Crippen molar-refractivity contribution in [2.75, 3.05) is 5.43 Å². The van der Waals surface area contributed by atoms with Gasteiger partial charge in [0.15, 0.2) is 5.01 Å². The lowest BCUT2D eigenvalue weighted by atomic mass is 10.2. The van der Waals surface area contributed by atoms with E-state index >= 15 is 0 Å². The standard InChI is InChI=1S/C13H15ClN4S/c14-11-8-4-3-7-10(11)12-16-18-13(19-12)17-15-9-5-1-2-6-9/h3-4,7-9,15H,1-2,5-6H2,(H,17,18). The number of anilines is 1. The van der Waals surface area contributed by atoms with E-state index in [0.717, 1.165) is 15.7 Å². The van der Waals surface area contributed by atoms with E-state index in [1.54, 1.807) is 0 Å². The van der Waals surface area contributed by atoms with Crippen molar-refractivity contribution in [1.82, 2.24) is 15.6 Å². The van der Waals surface area contributed by atoms with Crippen molar-refractivity contribution in [3.8, 4) is 10.6 Å². The smallest absolute Gasteiger partial charge is 0.220 e. The van der Waals surface area contributed by atoms with E-state index in [1.165, 1.54) is 37.0 Å². The number of rotatable bonds is 4. The minimum atomic E-state index is 0.549. The summed E-state index contributed by atoms with van der Waals surface area (Å²) in [4.78, 5) is 0. The molecule has 0 radical (unpaired) electrons. The first-order chi connectivity index (χ1) is 9.33. The average molecular weight is 295 g/mol. The fraction of sp³-hybridized carbons (Fsp3) is 0.385. The molecule has 1 heterocycles. The molecule has 1 aliphatic rings. The summed E-state index contributed by atoms with van der Waals surface area (Å²) in [5.41, 5.74) is 7.38. The van der Waals surface area contributed by atoms with Crippen LogP contribution in [-0.4, -0.2) is 16.2 Å². The van der Waals surface area contributed by atoms with Crippen LogP contribution >= 0.6 is 22.9 Å². The molecule has 0 spiro atoms. The minimum Gasteiger partial charge on any atom is -0.295 e. The van der Waals surface area contributed by atoms with E-state index in [1.807, 2.05) is 24.3 Å². The third kappa shape index (κ3) is 3.05. The maximum absolute atomic E-state index is 6.15. The van der Waals surface area contributed by atoms with Crippen LogP contribution in [0.3, 0.4) is 0 Å². The molecule has 2 aromatic rings. The second-order valence-electron chi connectivity index (χ2n) is 4.64. The predicted octanol–water partition coefficient (Wildman–Crippen LogP) is 3.72.